The van der Waals surface area contributed by atoms with Crippen LogP contribution >= 0.6 is 0 Å². The lowest BCUT2D eigenvalue weighted by Crippen LogP contribution is -2.19. The van der Waals surface area contributed by atoms with E-state index in [1.54, 1.807) is 19.2 Å². The lowest BCUT2D eigenvalue weighted by molar-refractivity contribution is 0.413. The first kappa shape index (κ1) is 15.0. The van der Waals surface area contributed by atoms with Crippen LogP contribution in [0.15, 0.2) is 30.6 Å². The number of nitrogens with one attached hydrogen (secondary N) is 1. The molecule has 0 saturated heterocycles. The Morgan fingerprint density at radius 1 is 1.19 bits per heavy atom. The van der Waals surface area contributed by atoms with Crippen molar-refractivity contribution in [1.82, 2.24) is 9.97 Å². The van der Waals surface area contributed by atoms with Crippen LogP contribution in [0.25, 0.3) is 0 Å². The fourth-order valence-electron chi connectivity index (χ4n) is 2.11. The maximum absolute atomic E-state index is 13.1. The SMILES string of the molecule is CCNc1ncnc(N(CC)c2ccc(F)cc2)c1OC. The summed E-state index contributed by atoms with van der Waals surface area (Å²) in [5.41, 5.74) is 0.846. The third-order valence-electron chi connectivity index (χ3n) is 3.04. The van der Waals surface area contributed by atoms with Crippen LogP contribution in [-0.4, -0.2) is 30.2 Å². The van der Waals surface area contributed by atoms with Gasteiger partial charge >= 0.3 is 0 Å². The molecule has 0 aliphatic rings. The zero-order valence-electron chi connectivity index (χ0n) is 12.4. The monoisotopic (exact) mass is 290 g/mol. The van der Waals surface area contributed by atoms with Gasteiger partial charge in [-0.1, -0.05) is 0 Å². The number of halogens is 1. The molecular formula is C15H19FN4O. The summed E-state index contributed by atoms with van der Waals surface area (Å²) in [7, 11) is 1.58. The molecule has 2 aromatic rings. The fourth-order valence-corrected chi connectivity index (χ4v) is 2.11. The van der Waals surface area contributed by atoms with Crippen molar-refractivity contribution in [2.24, 2.45) is 0 Å². The largest absolute Gasteiger partial charge is 0.490 e. The van der Waals surface area contributed by atoms with Crippen molar-refractivity contribution in [2.75, 3.05) is 30.4 Å². The van der Waals surface area contributed by atoms with E-state index in [0.717, 1.165) is 12.2 Å². The second-order valence-electron chi connectivity index (χ2n) is 4.33. The third-order valence-corrected chi connectivity index (χ3v) is 3.04. The van der Waals surface area contributed by atoms with Gasteiger partial charge in [0.05, 0.1) is 7.11 Å². The lowest BCUT2D eigenvalue weighted by Gasteiger charge is -2.24. The van der Waals surface area contributed by atoms with Crippen molar-refractivity contribution in [1.29, 1.82) is 0 Å². The van der Waals surface area contributed by atoms with Gasteiger partial charge in [-0.15, -0.1) is 0 Å². The van der Waals surface area contributed by atoms with Crippen LogP contribution in [0.3, 0.4) is 0 Å². The molecule has 1 aromatic heterocycles. The molecule has 0 spiro atoms. The number of aromatic nitrogens is 2. The van der Waals surface area contributed by atoms with Crippen LogP contribution in [-0.2, 0) is 0 Å². The minimum atomic E-state index is -0.266. The van der Waals surface area contributed by atoms with Crippen molar-refractivity contribution in [2.45, 2.75) is 13.8 Å². The smallest absolute Gasteiger partial charge is 0.204 e. The lowest BCUT2D eigenvalue weighted by atomic mass is 10.2. The van der Waals surface area contributed by atoms with Gasteiger partial charge in [-0.25, -0.2) is 14.4 Å². The summed E-state index contributed by atoms with van der Waals surface area (Å²) in [6.07, 6.45) is 1.49. The predicted octanol–water partition coefficient (Wildman–Crippen LogP) is 3.21. The second kappa shape index (κ2) is 6.88. The number of anilines is 3. The molecule has 0 atom stereocenters. The molecule has 0 radical (unpaired) electrons. The Hall–Kier alpha value is -2.37. The average Bonchev–Trinajstić information content (AvgIpc) is 2.50. The Bertz CT molecular complexity index is 589. The van der Waals surface area contributed by atoms with E-state index in [1.165, 1.54) is 18.5 Å². The fraction of sp³-hybridized carbons (Fsp3) is 0.333. The van der Waals surface area contributed by atoms with E-state index in [2.05, 4.69) is 15.3 Å². The van der Waals surface area contributed by atoms with E-state index in [9.17, 15) is 4.39 Å². The predicted molar refractivity (Wildman–Crippen MR) is 81.8 cm³/mol. The van der Waals surface area contributed by atoms with E-state index >= 15 is 0 Å². The zero-order valence-corrected chi connectivity index (χ0v) is 12.4. The first-order valence-electron chi connectivity index (χ1n) is 6.87. The number of nitrogens with zero attached hydrogens (tertiary/aromatic N) is 3. The summed E-state index contributed by atoms with van der Waals surface area (Å²) in [6.45, 7) is 5.39. The van der Waals surface area contributed by atoms with Crippen LogP contribution in [0.4, 0.5) is 21.7 Å². The number of rotatable bonds is 6. The summed E-state index contributed by atoms with van der Waals surface area (Å²) in [5.74, 6) is 1.60. The second-order valence-corrected chi connectivity index (χ2v) is 4.33. The molecule has 0 aliphatic heterocycles. The van der Waals surface area contributed by atoms with Crippen molar-refractivity contribution >= 4 is 17.3 Å². The molecule has 2 rings (SSSR count). The highest BCUT2D eigenvalue weighted by atomic mass is 19.1. The molecule has 21 heavy (non-hydrogen) atoms. The summed E-state index contributed by atoms with van der Waals surface area (Å²) < 4.78 is 18.5. The third kappa shape index (κ3) is 3.21. The average molecular weight is 290 g/mol. The quantitative estimate of drug-likeness (QED) is 0.885. The van der Waals surface area contributed by atoms with E-state index in [1.807, 2.05) is 18.7 Å². The minimum Gasteiger partial charge on any atom is -0.490 e. The molecule has 0 saturated carbocycles. The highest BCUT2D eigenvalue weighted by Crippen LogP contribution is 2.35. The molecule has 1 aromatic carbocycles. The van der Waals surface area contributed by atoms with E-state index in [0.29, 0.717) is 23.9 Å². The van der Waals surface area contributed by atoms with Gasteiger partial charge in [0.1, 0.15) is 12.1 Å². The molecule has 112 valence electrons. The molecule has 5 nitrogen and oxygen atoms in total. The van der Waals surface area contributed by atoms with Crippen LogP contribution in [0.1, 0.15) is 13.8 Å². The summed E-state index contributed by atoms with van der Waals surface area (Å²) in [6, 6.07) is 6.29. The maximum Gasteiger partial charge on any atom is 0.204 e. The Kier molecular flexibility index (Phi) is 4.92. The van der Waals surface area contributed by atoms with Gasteiger partial charge in [0.15, 0.2) is 11.6 Å². The van der Waals surface area contributed by atoms with Crippen molar-refractivity contribution < 1.29 is 9.13 Å². The van der Waals surface area contributed by atoms with Crippen molar-refractivity contribution in [3.8, 4) is 5.75 Å². The summed E-state index contributed by atoms with van der Waals surface area (Å²) in [4.78, 5) is 10.5. The molecule has 1 heterocycles. The topological polar surface area (TPSA) is 50.3 Å². The minimum absolute atomic E-state index is 0.266. The first-order chi connectivity index (χ1) is 10.2. The van der Waals surface area contributed by atoms with E-state index in [-0.39, 0.29) is 5.82 Å². The molecule has 0 amide bonds. The Morgan fingerprint density at radius 3 is 2.48 bits per heavy atom. The summed E-state index contributed by atoms with van der Waals surface area (Å²) >= 11 is 0. The van der Waals surface area contributed by atoms with Crippen LogP contribution < -0.4 is 15.0 Å². The van der Waals surface area contributed by atoms with Gasteiger partial charge in [0.25, 0.3) is 0 Å². The first-order valence-corrected chi connectivity index (χ1v) is 6.87. The van der Waals surface area contributed by atoms with Crippen molar-refractivity contribution in [3.63, 3.8) is 0 Å². The molecule has 0 bridgehead atoms. The summed E-state index contributed by atoms with van der Waals surface area (Å²) in [5, 5.41) is 3.14. The van der Waals surface area contributed by atoms with Crippen molar-refractivity contribution in [3.05, 3.63) is 36.4 Å². The maximum atomic E-state index is 13.1. The molecule has 0 fully saturated rings. The molecule has 1 N–H and O–H groups in total. The highest BCUT2D eigenvalue weighted by molar-refractivity contribution is 5.71. The number of methoxy groups -OCH3 is 1. The van der Waals surface area contributed by atoms with Gasteiger partial charge in [0, 0.05) is 18.8 Å². The normalized spacial score (nSPS) is 10.3. The highest BCUT2D eigenvalue weighted by Gasteiger charge is 2.18. The Balaban J connectivity index is 2.46. The number of hydrogen-bond acceptors (Lipinski definition) is 5. The van der Waals surface area contributed by atoms with Gasteiger partial charge in [-0.2, -0.15) is 0 Å². The molecule has 0 unspecified atom stereocenters. The number of ether oxygens (including phenoxy) is 1. The van der Waals surface area contributed by atoms with Gasteiger partial charge < -0.3 is 15.0 Å². The Labute approximate surface area is 123 Å². The molecule has 6 heteroatoms. The van der Waals surface area contributed by atoms with Gasteiger partial charge in [-0.05, 0) is 38.1 Å². The molecule has 0 aliphatic carbocycles. The van der Waals surface area contributed by atoms with E-state index < -0.39 is 0 Å². The van der Waals surface area contributed by atoms with Crippen LogP contribution in [0.5, 0.6) is 5.75 Å². The van der Waals surface area contributed by atoms with Crippen LogP contribution in [0, 0.1) is 5.82 Å². The van der Waals surface area contributed by atoms with Gasteiger partial charge in [-0.3, -0.25) is 0 Å². The zero-order chi connectivity index (χ0) is 15.2. The standard InChI is InChI=1S/C15H19FN4O/c1-4-17-14-13(21-3)15(19-10-18-14)20(5-2)12-8-6-11(16)7-9-12/h6-10H,4-5H2,1-3H3,(H,17,18,19). The van der Waals surface area contributed by atoms with E-state index in [4.69, 9.17) is 4.74 Å². The Morgan fingerprint density at radius 2 is 1.90 bits per heavy atom. The van der Waals surface area contributed by atoms with Crippen LogP contribution in [0.2, 0.25) is 0 Å². The number of benzene rings is 1. The number of hydrogen-bond donors (Lipinski definition) is 1. The molecular weight excluding hydrogens is 271 g/mol. The van der Waals surface area contributed by atoms with Gasteiger partial charge in [0.2, 0.25) is 5.75 Å².